The summed E-state index contributed by atoms with van der Waals surface area (Å²) >= 11 is 0. The molecule has 0 aromatic heterocycles. The van der Waals surface area contributed by atoms with Crippen LogP contribution < -0.4 is 23.8 Å². The third kappa shape index (κ3) is 4.65. The summed E-state index contributed by atoms with van der Waals surface area (Å²) in [5.74, 6) is -0.200. The number of aryl methyl sites for hydroxylation is 2. The largest absolute Gasteiger partial charge is 0.507 e. The first-order valence-corrected chi connectivity index (χ1v) is 12.2. The van der Waals surface area contributed by atoms with Gasteiger partial charge in [0.2, 0.25) is 0 Å². The Kier molecular flexibility index (Phi) is 7.62. The Morgan fingerprint density at radius 2 is 1.55 bits per heavy atom. The number of nitrogens with zero attached hydrogens (tertiary/aromatic N) is 1. The molecule has 3 aromatic rings. The van der Waals surface area contributed by atoms with Gasteiger partial charge in [-0.1, -0.05) is 12.1 Å². The smallest absolute Gasteiger partial charge is 0.300 e. The van der Waals surface area contributed by atoms with Gasteiger partial charge in [-0.2, -0.15) is 0 Å². The van der Waals surface area contributed by atoms with E-state index in [0.717, 1.165) is 11.1 Å². The average Bonchev–Trinajstić information content (AvgIpc) is 3.19. The van der Waals surface area contributed by atoms with E-state index in [1.54, 1.807) is 42.5 Å². The lowest BCUT2D eigenvalue weighted by Crippen LogP contribution is -2.29. The molecule has 0 radical (unpaired) electrons. The van der Waals surface area contributed by atoms with E-state index in [1.807, 2.05) is 32.9 Å². The third-order valence-electron chi connectivity index (χ3n) is 6.68. The van der Waals surface area contributed by atoms with Crippen molar-refractivity contribution in [2.45, 2.75) is 26.8 Å². The topological polar surface area (TPSA) is 94.5 Å². The van der Waals surface area contributed by atoms with E-state index in [1.165, 1.54) is 26.2 Å². The molecular weight excluding hydrogens is 486 g/mol. The van der Waals surface area contributed by atoms with E-state index in [9.17, 15) is 14.7 Å². The highest BCUT2D eigenvalue weighted by Crippen LogP contribution is 2.45. The van der Waals surface area contributed by atoms with Crippen molar-refractivity contribution in [2.75, 3.05) is 32.8 Å². The van der Waals surface area contributed by atoms with Crippen LogP contribution in [0.1, 0.15) is 35.2 Å². The molecule has 0 saturated carbocycles. The lowest BCUT2D eigenvalue weighted by atomic mass is 9.94. The Bertz CT molecular complexity index is 1430. The van der Waals surface area contributed by atoms with E-state index >= 15 is 0 Å². The Hall–Kier alpha value is -4.46. The van der Waals surface area contributed by atoms with Crippen LogP contribution in [0.2, 0.25) is 0 Å². The second kappa shape index (κ2) is 10.9. The third-order valence-corrected chi connectivity index (χ3v) is 6.68. The summed E-state index contributed by atoms with van der Waals surface area (Å²) in [6.07, 6.45) is 0. The van der Waals surface area contributed by atoms with Gasteiger partial charge in [0, 0.05) is 5.69 Å². The number of amides is 1. The van der Waals surface area contributed by atoms with Crippen LogP contribution in [-0.2, 0) is 9.59 Å². The molecule has 1 amide bonds. The molecule has 8 heteroatoms. The van der Waals surface area contributed by atoms with Crippen LogP contribution in [0.3, 0.4) is 0 Å². The molecule has 1 fully saturated rings. The van der Waals surface area contributed by atoms with E-state index in [0.29, 0.717) is 40.9 Å². The van der Waals surface area contributed by atoms with Gasteiger partial charge in [-0.25, -0.2) is 0 Å². The van der Waals surface area contributed by atoms with Crippen molar-refractivity contribution in [2.24, 2.45) is 0 Å². The van der Waals surface area contributed by atoms with Crippen molar-refractivity contribution >= 4 is 23.1 Å². The highest BCUT2D eigenvalue weighted by atomic mass is 16.5. The maximum atomic E-state index is 13.6. The van der Waals surface area contributed by atoms with Crippen molar-refractivity contribution < 1.29 is 33.6 Å². The minimum absolute atomic E-state index is 0.0765. The molecule has 1 unspecified atom stereocenters. The molecule has 1 heterocycles. The van der Waals surface area contributed by atoms with Gasteiger partial charge >= 0.3 is 0 Å². The zero-order valence-electron chi connectivity index (χ0n) is 22.3. The molecule has 1 atom stereocenters. The van der Waals surface area contributed by atoms with Gasteiger partial charge < -0.3 is 24.1 Å². The Morgan fingerprint density at radius 1 is 0.842 bits per heavy atom. The van der Waals surface area contributed by atoms with Gasteiger partial charge in [0.1, 0.15) is 17.3 Å². The number of carbonyl (C=O) groups excluding carboxylic acids is 2. The lowest BCUT2D eigenvalue weighted by molar-refractivity contribution is -0.132. The summed E-state index contributed by atoms with van der Waals surface area (Å²) in [6.45, 7) is 6.14. The maximum absolute atomic E-state index is 13.6. The number of methoxy groups -OCH3 is 3. The Morgan fingerprint density at radius 3 is 2.18 bits per heavy atom. The molecular formula is C30H31NO7. The van der Waals surface area contributed by atoms with Crippen LogP contribution in [0, 0.1) is 13.8 Å². The first kappa shape index (κ1) is 26.6. The van der Waals surface area contributed by atoms with Crippen LogP contribution in [0.25, 0.3) is 5.76 Å². The molecule has 8 nitrogen and oxygen atoms in total. The predicted octanol–water partition coefficient (Wildman–Crippen LogP) is 5.35. The van der Waals surface area contributed by atoms with Crippen LogP contribution >= 0.6 is 0 Å². The molecule has 3 aromatic carbocycles. The van der Waals surface area contributed by atoms with Gasteiger partial charge in [0.15, 0.2) is 11.5 Å². The molecule has 0 spiro atoms. The summed E-state index contributed by atoms with van der Waals surface area (Å²) in [5.41, 5.74) is 3.26. The molecule has 198 valence electrons. The highest BCUT2D eigenvalue weighted by Gasteiger charge is 2.47. The van der Waals surface area contributed by atoms with E-state index in [-0.39, 0.29) is 16.9 Å². The molecule has 1 aliphatic rings. The van der Waals surface area contributed by atoms with Gasteiger partial charge in [-0.3, -0.25) is 14.5 Å². The summed E-state index contributed by atoms with van der Waals surface area (Å²) in [6, 6.07) is 14.7. The van der Waals surface area contributed by atoms with Crippen LogP contribution in [0.5, 0.6) is 23.0 Å². The van der Waals surface area contributed by atoms with E-state index in [2.05, 4.69) is 0 Å². The highest BCUT2D eigenvalue weighted by molar-refractivity contribution is 6.51. The first-order valence-electron chi connectivity index (χ1n) is 12.2. The predicted molar refractivity (Wildman–Crippen MR) is 144 cm³/mol. The molecule has 1 N–H and O–H groups in total. The Balaban J connectivity index is 2.02. The number of rotatable bonds is 8. The fourth-order valence-corrected chi connectivity index (χ4v) is 4.57. The van der Waals surface area contributed by atoms with Gasteiger partial charge in [0.05, 0.1) is 45.1 Å². The van der Waals surface area contributed by atoms with Crippen molar-refractivity contribution in [3.05, 3.63) is 82.4 Å². The molecule has 1 saturated heterocycles. The standard InChI is InChI=1S/C30H31NO7/c1-7-38-25-15-19(9-12-24(25)37-6)27-26(28(32)22-16-21(35-4)11-13-23(22)36-5)29(33)30(34)31(27)20-10-8-17(2)18(3)14-20/h8-16,27,32H,7H2,1-6H3/b28-26+. The fraction of sp³-hybridized carbons (Fsp3) is 0.267. The van der Waals surface area contributed by atoms with E-state index < -0.39 is 17.7 Å². The molecule has 0 aliphatic carbocycles. The number of carbonyl (C=O) groups is 2. The van der Waals surface area contributed by atoms with Crippen LogP contribution in [0.15, 0.2) is 60.2 Å². The SMILES string of the molecule is CCOc1cc(C2/C(=C(\O)c3cc(OC)ccc3OC)C(=O)C(=O)N2c2ccc(C)c(C)c2)ccc1OC. The second-order valence-corrected chi connectivity index (χ2v) is 8.85. The quantitative estimate of drug-likeness (QED) is 0.244. The zero-order chi connectivity index (χ0) is 27.6. The van der Waals surface area contributed by atoms with Gasteiger partial charge in [0.25, 0.3) is 11.7 Å². The Labute approximate surface area is 222 Å². The first-order chi connectivity index (χ1) is 18.2. The normalized spacial score (nSPS) is 16.5. The number of aliphatic hydroxyl groups excluding tert-OH is 1. The number of ether oxygens (including phenoxy) is 4. The van der Waals surface area contributed by atoms with Crippen molar-refractivity contribution in [3.8, 4) is 23.0 Å². The van der Waals surface area contributed by atoms with Crippen molar-refractivity contribution in [3.63, 3.8) is 0 Å². The van der Waals surface area contributed by atoms with Gasteiger partial charge in [-0.15, -0.1) is 0 Å². The number of ketones is 1. The zero-order valence-corrected chi connectivity index (χ0v) is 22.3. The van der Waals surface area contributed by atoms with Crippen LogP contribution in [0.4, 0.5) is 5.69 Å². The minimum atomic E-state index is -0.946. The van der Waals surface area contributed by atoms with Crippen molar-refractivity contribution in [1.29, 1.82) is 0 Å². The number of hydrogen-bond donors (Lipinski definition) is 1. The molecule has 38 heavy (non-hydrogen) atoms. The number of hydrogen-bond acceptors (Lipinski definition) is 7. The minimum Gasteiger partial charge on any atom is -0.507 e. The average molecular weight is 518 g/mol. The number of aliphatic hydroxyl groups is 1. The van der Waals surface area contributed by atoms with E-state index in [4.69, 9.17) is 18.9 Å². The van der Waals surface area contributed by atoms with Gasteiger partial charge in [-0.05, 0) is 79.9 Å². The molecule has 0 bridgehead atoms. The summed E-state index contributed by atoms with van der Waals surface area (Å²) in [5, 5.41) is 11.6. The molecule has 4 rings (SSSR count). The second-order valence-electron chi connectivity index (χ2n) is 8.85. The lowest BCUT2D eigenvalue weighted by Gasteiger charge is -2.27. The summed E-state index contributed by atoms with van der Waals surface area (Å²) < 4.78 is 22.0. The monoisotopic (exact) mass is 517 g/mol. The number of anilines is 1. The number of benzene rings is 3. The summed E-state index contributed by atoms with van der Waals surface area (Å²) in [4.78, 5) is 28.6. The fourth-order valence-electron chi connectivity index (χ4n) is 4.57. The van der Waals surface area contributed by atoms with Crippen LogP contribution in [-0.4, -0.2) is 44.7 Å². The number of Topliss-reactive ketones (excluding diaryl/α,β-unsaturated/α-hetero) is 1. The maximum Gasteiger partial charge on any atom is 0.300 e. The molecule has 1 aliphatic heterocycles. The van der Waals surface area contributed by atoms with Crippen molar-refractivity contribution in [1.82, 2.24) is 0 Å². The summed E-state index contributed by atoms with van der Waals surface area (Å²) in [7, 11) is 4.49.